The summed E-state index contributed by atoms with van der Waals surface area (Å²) in [7, 11) is 2.21. The quantitative estimate of drug-likeness (QED) is 0.562. The molecule has 2 aliphatic rings. The fraction of sp³-hybridized carbons (Fsp3) is 1.00. The minimum Gasteiger partial charge on any atom is -0.378 e. The lowest BCUT2D eigenvalue weighted by Gasteiger charge is -2.39. The van der Waals surface area contributed by atoms with Gasteiger partial charge in [0.15, 0.2) is 0 Å². The number of rotatable bonds is 1. The Bertz CT molecular complexity index is 134. The third kappa shape index (κ3) is 1.57. The van der Waals surface area contributed by atoms with Gasteiger partial charge in [-0.3, -0.25) is 0 Å². The van der Waals surface area contributed by atoms with Gasteiger partial charge in [-0.05, 0) is 38.8 Å². The molecule has 0 aromatic rings. The van der Waals surface area contributed by atoms with Gasteiger partial charge >= 0.3 is 0 Å². The van der Waals surface area contributed by atoms with Gasteiger partial charge in [-0.2, -0.15) is 0 Å². The van der Waals surface area contributed by atoms with E-state index in [1.165, 1.54) is 32.4 Å². The van der Waals surface area contributed by atoms with Crippen molar-refractivity contribution in [2.45, 2.75) is 25.4 Å². The lowest BCUT2D eigenvalue weighted by atomic mass is 9.89. The van der Waals surface area contributed by atoms with E-state index in [1.807, 2.05) is 0 Å². The summed E-state index contributed by atoms with van der Waals surface area (Å²) in [6.45, 7) is 3.54. The Morgan fingerprint density at radius 3 is 2.73 bits per heavy atom. The largest absolute Gasteiger partial charge is 0.378 e. The van der Waals surface area contributed by atoms with Crippen molar-refractivity contribution in [3.05, 3.63) is 0 Å². The molecule has 0 amide bonds. The standard InChI is InChI=1S/C9H17NO/c1-10-5-2-3-8(7-10)9-4-6-11-9/h8-9H,2-7H2,1H3. The predicted octanol–water partition coefficient (Wildman–Crippen LogP) is 1.12. The number of hydrogen-bond acceptors (Lipinski definition) is 2. The van der Waals surface area contributed by atoms with E-state index in [1.54, 1.807) is 0 Å². The lowest BCUT2D eigenvalue weighted by Crippen LogP contribution is -2.43. The Hall–Kier alpha value is -0.0800. The molecule has 0 spiro atoms. The van der Waals surface area contributed by atoms with E-state index in [0.717, 1.165) is 12.5 Å². The fourth-order valence-corrected chi connectivity index (χ4v) is 2.14. The molecular weight excluding hydrogens is 138 g/mol. The van der Waals surface area contributed by atoms with Gasteiger partial charge in [-0.15, -0.1) is 0 Å². The second-order valence-electron chi connectivity index (χ2n) is 3.86. The van der Waals surface area contributed by atoms with Crippen molar-refractivity contribution >= 4 is 0 Å². The number of likely N-dealkylation sites (tertiary alicyclic amines) is 1. The topological polar surface area (TPSA) is 12.5 Å². The highest BCUT2D eigenvalue weighted by Gasteiger charge is 2.30. The molecule has 11 heavy (non-hydrogen) atoms. The molecule has 0 aromatic carbocycles. The van der Waals surface area contributed by atoms with Gasteiger partial charge in [0.05, 0.1) is 6.10 Å². The van der Waals surface area contributed by atoms with Gasteiger partial charge < -0.3 is 9.64 Å². The van der Waals surface area contributed by atoms with Crippen LogP contribution in [0.25, 0.3) is 0 Å². The molecule has 0 aromatic heterocycles. The van der Waals surface area contributed by atoms with E-state index in [-0.39, 0.29) is 0 Å². The molecule has 0 bridgehead atoms. The molecule has 2 aliphatic heterocycles. The maximum atomic E-state index is 5.49. The molecule has 2 saturated heterocycles. The third-order valence-corrected chi connectivity index (χ3v) is 2.92. The molecule has 2 heteroatoms. The van der Waals surface area contributed by atoms with E-state index >= 15 is 0 Å². The molecule has 2 atom stereocenters. The Balaban J connectivity index is 1.82. The van der Waals surface area contributed by atoms with Crippen LogP contribution in [0.2, 0.25) is 0 Å². The SMILES string of the molecule is CN1CCCC(C2CCO2)C1. The highest BCUT2D eigenvalue weighted by Crippen LogP contribution is 2.27. The van der Waals surface area contributed by atoms with Gasteiger partial charge in [-0.1, -0.05) is 0 Å². The Labute approximate surface area is 68.5 Å². The van der Waals surface area contributed by atoms with Crippen LogP contribution in [-0.4, -0.2) is 37.7 Å². The number of piperidine rings is 1. The number of nitrogens with zero attached hydrogens (tertiary/aromatic N) is 1. The summed E-state index contributed by atoms with van der Waals surface area (Å²) < 4.78 is 5.49. The first-order valence-corrected chi connectivity index (χ1v) is 4.66. The molecule has 0 radical (unpaired) electrons. The second-order valence-corrected chi connectivity index (χ2v) is 3.86. The van der Waals surface area contributed by atoms with Gasteiger partial charge in [0.25, 0.3) is 0 Å². The van der Waals surface area contributed by atoms with Crippen molar-refractivity contribution in [3.63, 3.8) is 0 Å². The van der Waals surface area contributed by atoms with E-state index in [9.17, 15) is 0 Å². The van der Waals surface area contributed by atoms with Crippen molar-refractivity contribution in [2.24, 2.45) is 5.92 Å². The van der Waals surface area contributed by atoms with Crippen LogP contribution in [0.4, 0.5) is 0 Å². The zero-order valence-electron chi connectivity index (χ0n) is 7.25. The maximum Gasteiger partial charge on any atom is 0.0637 e. The molecular formula is C9H17NO. The van der Waals surface area contributed by atoms with E-state index in [4.69, 9.17) is 4.74 Å². The summed E-state index contributed by atoms with van der Waals surface area (Å²) in [5, 5.41) is 0. The average molecular weight is 155 g/mol. The van der Waals surface area contributed by atoms with Crippen LogP contribution in [0.1, 0.15) is 19.3 Å². The number of hydrogen-bond donors (Lipinski definition) is 0. The normalized spacial score (nSPS) is 40.1. The van der Waals surface area contributed by atoms with Crippen molar-refractivity contribution in [1.82, 2.24) is 4.90 Å². The summed E-state index contributed by atoms with van der Waals surface area (Å²) in [5.41, 5.74) is 0. The zero-order valence-corrected chi connectivity index (χ0v) is 7.25. The molecule has 2 heterocycles. The fourth-order valence-electron chi connectivity index (χ4n) is 2.14. The van der Waals surface area contributed by atoms with Crippen LogP contribution >= 0.6 is 0 Å². The van der Waals surface area contributed by atoms with Crippen molar-refractivity contribution in [1.29, 1.82) is 0 Å². The Morgan fingerprint density at radius 2 is 2.18 bits per heavy atom. The van der Waals surface area contributed by atoms with Crippen LogP contribution in [0.15, 0.2) is 0 Å². The first-order chi connectivity index (χ1) is 5.36. The molecule has 2 fully saturated rings. The third-order valence-electron chi connectivity index (χ3n) is 2.92. The van der Waals surface area contributed by atoms with Crippen molar-refractivity contribution < 1.29 is 4.74 Å². The highest BCUT2D eigenvalue weighted by atomic mass is 16.5. The summed E-state index contributed by atoms with van der Waals surface area (Å²) in [4.78, 5) is 2.43. The van der Waals surface area contributed by atoms with Crippen molar-refractivity contribution in [3.8, 4) is 0 Å². The van der Waals surface area contributed by atoms with E-state index < -0.39 is 0 Å². The molecule has 2 unspecified atom stereocenters. The van der Waals surface area contributed by atoms with Gasteiger partial charge in [-0.25, -0.2) is 0 Å². The lowest BCUT2D eigenvalue weighted by molar-refractivity contribution is -0.0971. The van der Waals surface area contributed by atoms with Crippen LogP contribution in [-0.2, 0) is 4.74 Å². The highest BCUT2D eigenvalue weighted by molar-refractivity contribution is 4.81. The molecule has 64 valence electrons. The first-order valence-electron chi connectivity index (χ1n) is 4.66. The molecule has 2 rings (SSSR count). The van der Waals surface area contributed by atoms with Gasteiger partial charge in [0.2, 0.25) is 0 Å². The van der Waals surface area contributed by atoms with Crippen LogP contribution in [0.5, 0.6) is 0 Å². The Morgan fingerprint density at radius 1 is 1.36 bits per heavy atom. The summed E-state index contributed by atoms with van der Waals surface area (Å²) in [6.07, 6.45) is 4.66. The minimum atomic E-state index is 0.609. The predicted molar refractivity (Wildman–Crippen MR) is 44.6 cm³/mol. The Kier molecular flexibility index (Phi) is 2.14. The number of ether oxygens (including phenoxy) is 1. The first kappa shape index (κ1) is 7.56. The molecule has 2 nitrogen and oxygen atoms in total. The van der Waals surface area contributed by atoms with Crippen LogP contribution in [0, 0.1) is 5.92 Å². The maximum absolute atomic E-state index is 5.49. The molecule has 0 saturated carbocycles. The smallest absolute Gasteiger partial charge is 0.0637 e. The van der Waals surface area contributed by atoms with E-state index in [0.29, 0.717) is 6.10 Å². The minimum absolute atomic E-state index is 0.609. The summed E-state index contributed by atoms with van der Waals surface area (Å²) in [5.74, 6) is 0.836. The van der Waals surface area contributed by atoms with E-state index in [2.05, 4.69) is 11.9 Å². The van der Waals surface area contributed by atoms with Crippen molar-refractivity contribution in [2.75, 3.05) is 26.7 Å². The monoisotopic (exact) mass is 155 g/mol. The molecule has 0 aliphatic carbocycles. The molecule has 0 N–H and O–H groups in total. The summed E-state index contributed by atoms with van der Waals surface area (Å²) >= 11 is 0. The van der Waals surface area contributed by atoms with Crippen LogP contribution in [0.3, 0.4) is 0 Å². The summed E-state index contributed by atoms with van der Waals surface area (Å²) in [6, 6.07) is 0. The van der Waals surface area contributed by atoms with Gasteiger partial charge in [0.1, 0.15) is 0 Å². The van der Waals surface area contributed by atoms with Crippen LogP contribution < -0.4 is 0 Å². The second kappa shape index (κ2) is 3.11. The zero-order chi connectivity index (χ0) is 7.68. The average Bonchev–Trinajstić information content (AvgIpc) is 1.83. The van der Waals surface area contributed by atoms with Gasteiger partial charge in [0, 0.05) is 13.2 Å².